The fourth-order valence-corrected chi connectivity index (χ4v) is 2.24. The molecule has 16 heavy (non-hydrogen) atoms. The molecular formula is C10H15N3O3. The lowest BCUT2D eigenvalue weighted by atomic mass is 9.91. The quantitative estimate of drug-likeness (QED) is 0.667. The van der Waals surface area contributed by atoms with Gasteiger partial charge in [-0.25, -0.2) is 4.79 Å². The minimum absolute atomic E-state index is 0.0376. The van der Waals surface area contributed by atoms with Crippen molar-refractivity contribution < 1.29 is 15.0 Å². The van der Waals surface area contributed by atoms with E-state index in [1.165, 1.54) is 0 Å². The van der Waals surface area contributed by atoms with Gasteiger partial charge < -0.3 is 15.9 Å². The predicted molar refractivity (Wildman–Crippen MR) is 56.1 cm³/mol. The van der Waals surface area contributed by atoms with Gasteiger partial charge in [0.15, 0.2) is 5.69 Å². The Kier molecular flexibility index (Phi) is 2.93. The van der Waals surface area contributed by atoms with E-state index in [-0.39, 0.29) is 18.3 Å². The monoisotopic (exact) mass is 225 g/mol. The summed E-state index contributed by atoms with van der Waals surface area (Å²) in [5.74, 6) is -1.05. The van der Waals surface area contributed by atoms with E-state index in [0.29, 0.717) is 12.1 Å². The topological polar surface area (TPSA) is 101 Å². The molecule has 1 heterocycles. The average Bonchev–Trinajstić information content (AvgIpc) is 2.60. The molecule has 0 aliphatic heterocycles. The molecule has 0 bridgehead atoms. The van der Waals surface area contributed by atoms with E-state index in [2.05, 4.69) is 5.10 Å². The first-order valence-corrected chi connectivity index (χ1v) is 5.34. The first kappa shape index (κ1) is 11.1. The van der Waals surface area contributed by atoms with Gasteiger partial charge >= 0.3 is 5.97 Å². The summed E-state index contributed by atoms with van der Waals surface area (Å²) in [7, 11) is 0. The van der Waals surface area contributed by atoms with Crippen molar-refractivity contribution in [2.75, 3.05) is 6.61 Å². The normalized spacial score (nSPS) is 19.5. The second-order valence-corrected chi connectivity index (χ2v) is 3.96. The molecule has 1 unspecified atom stereocenters. The second-order valence-electron chi connectivity index (χ2n) is 3.96. The molecule has 0 amide bonds. The van der Waals surface area contributed by atoms with Gasteiger partial charge in [0.1, 0.15) is 0 Å². The van der Waals surface area contributed by atoms with Crippen LogP contribution in [-0.4, -0.2) is 32.6 Å². The standard InChI is InChI=1S/C10H15N3O3/c11-6-2-1-3-7-8(6)9(10(15)16)12-13(7)4-5-14/h6,14H,1-5,11H2,(H,15,16). The largest absolute Gasteiger partial charge is 0.476 e. The average molecular weight is 225 g/mol. The molecule has 1 atom stereocenters. The molecule has 4 N–H and O–H groups in total. The molecule has 0 fully saturated rings. The Labute approximate surface area is 92.7 Å². The Balaban J connectivity index is 2.51. The van der Waals surface area contributed by atoms with Gasteiger partial charge in [-0.3, -0.25) is 4.68 Å². The molecule has 1 aromatic heterocycles. The van der Waals surface area contributed by atoms with Crippen LogP contribution in [0, 0.1) is 0 Å². The fraction of sp³-hybridized carbons (Fsp3) is 0.600. The number of hydrogen-bond donors (Lipinski definition) is 3. The summed E-state index contributed by atoms with van der Waals surface area (Å²) in [4.78, 5) is 11.0. The minimum atomic E-state index is -1.05. The van der Waals surface area contributed by atoms with Crippen molar-refractivity contribution in [3.8, 4) is 0 Å². The van der Waals surface area contributed by atoms with Crippen molar-refractivity contribution >= 4 is 5.97 Å². The maximum atomic E-state index is 11.0. The molecule has 6 nitrogen and oxygen atoms in total. The van der Waals surface area contributed by atoms with Crippen LogP contribution in [-0.2, 0) is 13.0 Å². The van der Waals surface area contributed by atoms with Crippen molar-refractivity contribution in [2.45, 2.75) is 31.8 Å². The summed E-state index contributed by atoms with van der Waals surface area (Å²) in [6, 6.07) is -0.248. The van der Waals surface area contributed by atoms with Crippen LogP contribution in [0.4, 0.5) is 0 Å². The smallest absolute Gasteiger partial charge is 0.356 e. The van der Waals surface area contributed by atoms with E-state index in [0.717, 1.165) is 25.0 Å². The molecule has 0 saturated carbocycles. The van der Waals surface area contributed by atoms with Crippen molar-refractivity contribution in [3.63, 3.8) is 0 Å². The highest BCUT2D eigenvalue weighted by molar-refractivity contribution is 5.87. The van der Waals surface area contributed by atoms with E-state index >= 15 is 0 Å². The number of fused-ring (bicyclic) bond motifs is 1. The minimum Gasteiger partial charge on any atom is -0.476 e. The number of nitrogens with two attached hydrogens (primary N) is 1. The number of nitrogens with zero attached hydrogens (tertiary/aromatic N) is 2. The lowest BCUT2D eigenvalue weighted by molar-refractivity contribution is 0.0687. The molecular weight excluding hydrogens is 210 g/mol. The fourth-order valence-electron chi connectivity index (χ4n) is 2.24. The zero-order valence-electron chi connectivity index (χ0n) is 8.89. The highest BCUT2D eigenvalue weighted by atomic mass is 16.4. The van der Waals surface area contributed by atoms with Crippen molar-refractivity contribution in [3.05, 3.63) is 17.0 Å². The summed E-state index contributed by atoms with van der Waals surface area (Å²) >= 11 is 0. The third kappa shape index (κ3) is 1.70. The summed E-state index contributed by atoms with van der Waals surface area (Å²) in [5, 5.41) is 22.0. The van der Waals surface area contributed by atoms with Gasteiger partial charge in [-0.2, -0.15) is 5.10 Å². The van der Waals surface area contributed by atoms with Gasteiger partial charge in [0.05, 0.1) is 13.2 Å². The number of carbonyl (C=O) groups is 1. The van der Waals surface area contributed by atoms with Crippen LogP contribution in [0.15, 0.2) is 0 Å². The van der Waals surface area contributed by atoms with Crippen LogP contribution < -0.4 is 5.73 Å². The van der Waals surface area contributed by atoms with Crippen molar-refractivity contribution in [1.29, 1.82) is 0 Å². The SMILES string of the molecule is NC1CCCc2c1c(C(=O)O)nn2CCO. The number of carboxylic acids is 1. The van der Waals surface area contributed by atoms with Crippen LogP contribution in [0.2, 0.25) is 0 Å². The highest BCUT2D eigenvalue weighted by Crippen LogP contribution is 2.30. The summed E-state index contributed by atoms with van der Waals surface area (Å²) in [6.07, 6.45) is 2.51. The van der Waals surface area contributed by atoms with Gasteiger partial charge in [-0.15, -0.1) is 0 Å². The van der Waals surface area contributed by atoms with Crippen LogP contribution in [0.25, 0.3) is 0 Å². The second kappa shape index (κ2) is 4.23. The number of aliphatic hydroxyl groups excluding tert-OH is 1. The lowest BCUT2D eigenvalue weighted by Crippen LogP contribution is -2.20. The molecule has 0 aromatic carbocycles. The highest BCUT2D eigenvalue weighted by Gasteiger charge is 2.29. The Morgan fingerprint density at radius 2 is 2.38 bits per heavy atom. The predicted octanol–water partition coefficient (Wildman–Crippen LogP) is -0.0903. The van der Waals surface area contributed by atoms with E-state index in [4.69, 9.17) is 15.9 Å². The van der Waals surface area contributed by atoms with E-state index in [1.54, 1.807) is 4.68 Å². The molecule has 0 radical (unpaired) electrons. The molecule has 0 spiro atoms. The van der Waals surface area contributed by atoms with Gasteiger partial charge in [0, 0.05) is 17.3 Å². The summed E-state index contributed by atoms with van der Waals surface area (Å²) in [6.45, 7) is 0.269. The molecule has 88 valence electrons. The van der Waals surface area contributed by atoms with E-state index < -0.39 is 5.97 Å². The summed E-state index contributed by atoms with van der Waals surface area (Å²) in [5.41, 5.74) is 7.46. The third-order valence-electron chi connectivity index (χ3n) is 2.91. The zero-order valence-corrected chi connectivity index (χ0v) is 8.89. The maximum absolute atomic E-state index is 11.0. The molecule has 2 rings (SSSR count). The van der Waals surface area contributed by atoms with Crippen LogP contribution in [0.5, 0.6) is 0 Å². The van der Waals surface area contributed by atoms with Crippen molar-refractivity contribution in [1.82, 2.24) is 9.78 Å². The number of rotatable bonds is 3. The Hall–Kier alpha value is -1.40. The molecule has 1 aliphatic rings. The Bertz CT molecular complexity index is 414. The Morgan fingerprint density at radius 1 is 1.62 bits per heavy atom. The molecule has 1 aliphatic carbocycles. The van der Waals surface area contributed by atoms with Gasteiger partial charge in [0.25, 0.3) is 0 Å². The van der Waals surface area contributed by atoms with Crippen LogP contribution >= 0.6 is 0 Å². The molecule has 0 saturated heterocycles. The Morgan fingerprint density at radius 3 is 3.00 bits per heavy atom. The third-order valence-corrected chi connectivity index (χ3v) is 2.91. The van der Waals surface area contributed by atoms with Gasteiger partial charge in [0.2, 0.25) is 0 Å². The molecule has 1 aromatic rings. The van der Waals surface area contributed by atoms with E-state index in [1.807, 2.05) is 0 Å². The van der Waals surface area contributed by atoms with Gasteiger partial charge in [-0.1, -0.05) is 0 Å². The number of carboxylic acid groups (broad SMARTS) is 1. The number of aromatic nitrogens is 2. The maximum Gasteiger partial charge on any atom is 0.356 e. The first-order valence-electron chi connectivity index (χ1n) is 5.34. The zero-order chi connectivity index (χ0) is 11.7. The van der Waals surface area contributed by atoms with Crippen molar-refractivity contribution in [2.24, 2.45) is 5.73 Å². The molecule has 6 heteroatoms. The summed E-state index contributed by atoms with van der Waals surface area (Å²) < 4.78 is 1.57. The number of hydrogen-bond acceptors (Lipinski definition) is 4. The number of aromatic carboxylic acids is 1. The van der Waals surface area contributed by atoms with Crippen LogP contribution in [0.1, 0.15) is 40.6 Å². The van der Waals surface area contributed by atoms with Gasteiger partial charge in [-0.05, 0) is 19.3 Å². The van der Waals surface area contributed by atoms with Crippen LogP contribution in [0.3, 0.4) is 0 Å². The number of aliphatic hydroxyl groups is 1. The van der Waals surface area contributed by atoms with E-state index in [9.17, 15) is 4.79 Å². The lowest BCUT2D eigenvalue weighted by Gasteiger charge is -2.19. The first-order chi connectivity index (χ1) is 7.65.